The molecule has 2 fully saturated rings. The van der Waals surface area contributed by atoms with Crippen LogP contribution in [-0.4, -0.2) is 35.4 Å². The van der Waals surface area contributed by atoms with Crippen LogP contribution in [0, 0.1) is 0 Å². The third kappa shape index (κ3) is 3.28. The van der Waals surface area contributed by atoms with Crippen LogP contribution in [0.5, 0.6) is 0 Å². The van der Waals surface area contributed by atoms with Crippen LogP contribution in [0.15, 0.2) is 29.0 Å². The summed E-state index contributed by atoms with van der Waals surface area (Å²) in [6.07, 6.45) is 6.85. The zero-order valence-corrected chi connectivity index (χ0v) is 14.7. The lowest BCUT2D eigenvalue weighted by molar-refractivity contribution is 0.00196. The first-order valence-corrected chi connectivity index (χ1v) is 9.21. The number of hydrogen-bond acceptors (Lipinski definition) is 6. The standard InChI is InChI=1S/C19H26N4O2/c1-23(12-15-13-25-22-18(15)14-4-2-5-14)17-7-3-6-16(21-17)19(24)8-10-20-11-9-19/h3,6-7,13-14,20,24H,2,4-5,8-12H2,1H3. The van der Waals surface area contributed by atoms with Crippen molar-refractivity contribution in [1.29, 1.82) is 0 Å². The average molecular weight is 342 g/mol. The van der Waals surface area contributed by atoms with Gasteiger partial charge in [0.2, 0.25) is 0 Å². The Kier molecular flexibility index (Phi) is 4.48. The van der Waals surface area contributed by atoms with Crippen molar-refractivity contribution in [3.05, 3.63) is 41.4 Å². The molecule has 4 rings (SSSR count). The summed E-state index contributed by atoms with van der Waals surface area (Å²) in [5.41, 5.74) is 2.19. The minimum atomic E-state index is -0.823. The number of pyridine rings is 1. The van der Waals surface area contributed by atoms with Gasteiger partial charge in [-0.15, -0.1) is 0 Å². The molecule has 1 aliphatic carbocycles. The summed E-state index contributed by atoms with van der Waals surface area (Å²) in [5.74, 6) is 1.42. The molecule has 1 saturated heterocycles. The summed E-state index contributed by atoms with van der Waals surface area (Å²) in [4.78, 5) is 6.85. The van der Waals surface area contributed by atoms with E-state index in [1.807, 2.05) is 25.2 Å². The van der Waals surface area contributed by atoms with E-state index < -0.39 is 5.60 Å². The quantitative estimate of drug-likeness (QED) is 0.870. The summed E-state index contributed by atoms with van der Waals surface area (Å²) in [6.45, 7) is 2.36. The van der Waals surface area contributed by atoms with E-state index >= 15 is 0 Å². The molecule has 25 heavy (non-hydrogen) atoms. The Morgan fingerprint density at radius 1 is 1.32 bits per heavy atom. The van der Waals surface area contributed by atoms with Crippen LogP contribution in [0.4, 0.5) is 5.82 Å². The normalized spacial score (nSPS) is 20.2. The van der Waals surface area contributed by atoms with E-state index in [9.17, 15) is 5.11 Å². The highest BCUT2D eigenvalue weighted by Crippen LogP contribution is 2.37. The van der Waals surface area contributed by atoms with Gasteiger partial charge in [0.1, 0.15) is 17.7 Å². The Labute approximate surface area is 148 Å². The number of aromatic nitrogens is 2. The van der Waals surface area contributed by atoms with Gasteiger partial charge in [-0.05, 0) is 50.9 Å². The SMILES string of the molecule is CN(Cc1conc1C1CCC1)c1cccc(C2(O)CCNCC2)n1. The summed E-state index contributed by atoms with van der Waals surface area (Å²) in [6, 6.07) is 5.90. The van der Waals surface area contributed by atoms with Crippen LogP contribution in [0.25, 0.3) is 0 Å². The van der Waals surface area contributed by atoms with Crippen LogP contribution in [0.3, 0.4) is 0 Å². The summed E-state index contributed by atoms with van der Waals surface area (Å²) >= 11 is 0. The molecule has 6 heteroatoms. The number of aliphatic hydroxyl groups is 1. The Morgan fingerprint density at radius 2 is 2.12 bits per heavy atom. The molecular formula is C19H26N4O2. The first kappa shape index (κ1) is 16.5. The molecule has 0 unspecified atom stereocenters. The van der Waals surface area contributed by atoms with Gasteiger partial charge >= 0.3 is 0 Å². The summed E-state index contributed by atoms with van der Waals surface area (Å²) in [5, 5.41) is 18.4. The molecule has 1 aliphatic heterocycles. The lowest BCUT2D eigenvalue weighted by atomic mass is 9.81. The van der Waals surface area contributed by atoms with Gasteiger partial charge in [-0.25, -0.2) is 4.98 Å². The van der Waals surface area contributed by atoms with Gasteiger partial charge < -0.3 is 19.8 Å². The second-order valence-corrected chi connectivity index (χ2v) is 7.37. The van der Waals surface area contributed by atoms with Crippen LogP contribution < -0.4 is 10.2 Å². The molecule has 0 aromatic carbocycles. The van der Waals surface area contributed by atoms with Crippen molar-refractivity contribution in [2.75, 3.05) is 25.0 Å². The van der Waals surface area contributed by atoms with Crippen molar-refractivity contribution in [2.24, 2.45) is 0 Å². The van der Waals surface area contributed by atoms with Crippen molar-refractivity contribution in [2.45, 2.75) is 50.2 Å². The maximum absolute atomic E-state index is 10.9. The molecule has 2 aromatic rings. The van der Waals surface area contributed by atoms with E-state index in [0.717, 1.165) is 35.9 Å². The van der Waals surface area contributed by atoms with Crippen molar-refractivity contribution in [3.63, 3.8) is 0 Å². The fraction of sp³-hybridized carbons (Fsp3) is 0.579. The molecule has 3 heterocycles. The van der Waals surface area contributed by atoms with Crippen molar-refractivity contribution in [3.8, 4) is 0 Å². The van der Waals surface area contributed by atoms with Crippen molar-refractivity contribution < 1.29 is 9.63 Å². The summed E-state index contributed by atoms with van der Waals surface area (Å²) < 4.78 is 5.23. The Bertz CT molecular complexity index is 720. The van der Waals surface area contributed by atoms with E-state index in [0.29, 0.717) is 25.3 Å². The first-order chi connectivity index (χ1) is 12.2. The minimum absolute atomic E-state index is 0.553. The Morgan fingerprint density at radius 3 is 2.84 bits per heavy atom. The molecular weight excluding hydrogens is 316 g/mol. The van der Waals surface area contributed by atoms with Crippen LogP contribution in [-0.2, 0) is 12.1 Å². The van der Waals surface area contributed by atoms with E-state index in [1.165, 1.54) is 19.3 Å². The van der Waals surface area contributed by atoms with Gasteiger partial charge in [-0.1, -0.05) is 17.6 Å². The highest BCUT2D eigenvalue weighted by atomic mass is 16.5. The van der Waals surface area contributed by atoms with Gasteiger partial charge in [0.25, 0.3) is 0 Å². The molecule has 0 atom stereocenters. The van der Waals surface area contributed by atoms with E-state index in [-0.39, 0.29) is 0 Å². The predicted molar refractivity (Wildman–Crippen MR) is 95.4 cm³/mol. The number of nitrogens with one attached hydrogen (secondary N) is 1. The van der Waals surface area contributed by atoms with Crippen LogP contribution >= 0.6 is 0 Å². The highest BCUT2D eigenvalue weighted by Gasteiger charge is 2.33. The second kappa shape index (κ2) is 6.77. The fourth-order valence-corrected chi connectivity index (χ4v) is 3.73. The van der Waals surface area contributed by atoms with Crippen LogP contribution in [0.2, 0.25) is 0 Å². The molecule has 6 nitrogen and oxygen atoms in total. The minimum Gasteiger partial charge on any atom is -0.383 e. The molecule has 2 aromatic heterocycles. The second-order valence-electron chi connectivity index (χ2n) is 7.37. The van der Waals surface area contributed by atoms with Gasteiger partial charge in [0.15, 0.2) is 0 Å². The highest BCUT2D eigenvalue weighted by molar-refractivity contribution is 5.41. The van der Waals surface area contributed by atoms with E-state index in [4.69, 9.17) is 9.51 Å². The number of nitrogens with zero attached hydrogens (tertiary/aromatic N) is 3. The average Bonchev–Trinajstić information content (AvgIpc) is 3.02. The molecule has 2 N–H and O–H groups in total. The Balaban J connectivity index is 1.51. The number of piperidine rings is 1. The third-order valence-electron chi connectivity index (χ3n) is 5.61. The first-order valence-electron chi connectivity index (χ1n) is 9.21. The van der Waals surface area contributed by atoms with Gasteiger partial charge in [-0.3, -0.25) is 0 Å². The molecule has 1 saturated carbocycles. The maximum Gasteiger partial charge on any atom is 0.129 e. The number of anilines is 1. The Hall–Kier alpha value is -1.92. The molecule has 2 aliphatic rings. The topological polar surface area (TPSA) is 74.4 Å². The van der Waals surface area contributed by atoms with Crippen LogP contribution in [0.1, 0.15) is 55.0 Å². The van der Waals surface area contributed by atoms with Gasteiger partial charge in [-0.2, -0.15) is 0 Å². The van der Waals surface area contributed by atoms with E-state index in [2.05, 4.69) is 15.4 Å². The molecule has 0 radical (unpaired) electrons. The zero-order chi connectivity index (χ0) is 17.3. The predicted octanol–water partition coefficient (Wildman–Crippen LogP) is 2.54. The maximum atomic E-state index is 10.9. The van der Waals surface area contributed by atoms with Gasteiger partial charge in [0.05, 0.1) is 11.4 Å². The molecule has 0 amide bonds. The number of hydrogen-bond donors (Lipinski definition) is 2. The smallest absolute Gasteiger partial charge is 0.129 e. The third-order valence-corrected chi connectivity index (χ3v) is 5.61. The molecule has 134 valence electrons. The van der Waals surface area contributed by atoms with Gasteiger partial charge in [0, 0.05) is 25.1 Å². The van der Waals surface area contributed by atoms with E-state index in [1.54, 1.807) is 6.26 Å². The molecule has 0 bridgehead atoms. The fourth-order valence-electron chi connectivity index (χ4n) is 3.73. The van der Waals surface area contributed by atoms with Crippen molar-refractivity contribution in [1.82, 2.24) is 15.5 Å². The zero-order valence-electron chi connectivity index (χ0n) is 14.7. The lowest BCUT2D eigenvalue weighted by Gasteiger charge is -2.32. The molecule has 0 spiro atoms. The monoisotopic (exact) mass is 342 g/mol. The van der Waals surface area contributed by atoms with Crippen molar-refractivity contribution >= 4 is 5.82 Å². The number of rotatable bonds is 5. The largest absolute Gasteiger partial charge is 0.383 e. The summed E-state index contributed by atoms with van der Waals surface area (Å²) in [7, 11) is 2.02. The lowest BCUT2D eigenvalue weighted by Crippen LogP contribution is -2.40.